The summed E-state index contributed by atoms with van der Waals surface area (Å²) in [5.41, 5.74) is 0.285. The van der Waals surface area contributed by atoms with Gasteiger partial charge in [-0.05, 0) is 24.5 Å². The minimum absolute atomic E-state index is 0.356. The number of hydrogen-bond donors (Lipinski definition) is 2. The summed E-state index contributed by atoms with van der Waals surface area (Å²) in [5, 5.41) is 28.5. The summed E-state index contributed by atoms with van der Waals surface area (Å²) < 4.78 is 0. The Morgan fingerprint density at radius 1 is 1.53 bits per heavy atom. The van der Waals surface area contributed by atoms with Gasteiger partial charge in [0, 0.05) is 6.07 Å². The van der Waals surface area contributed by atoms with Crippen molar-refractivity contribution in [1.82, 2.24) is 0 Å². The summed E-state index contributed by atoms with van der Waals surface area (Å²) in [6, 6.07) is 4.07. The Balaban J connectivity index is 2.76. The Bertz CT molecular complexity index is 443. The lowest BCUT2D eigenvalue weighted by atomic mass is 10.0. The molecule has 0 spiro atoms. The van der Waals surface area contributed by atoms with E-state index in [1.807, 2.05) is 0 Å². The van der Waals surface area contributed by atoms with Crippen molar-refractivity contribution in [2.75, 3.05) is 0 Å². The highest BCUT2D eigenvalue weighted by molar-refractivity contribution is 5.69. The van der Waals surface area contributed by atoms with Gasteiger partial charge in [0.1, 0.15) is 0 Å². The summed E-state index contributed by atoms with van der Waals surface area (Å²) >= 11 is 0. The molecule has 1 aromatic carbocycles. The van der Waals surface area contributed by atoms with Crippen molar-refractivity contribution in [3.63, 3.8) is 0 Å². The molecule has 1 rings (SSSR count). The van der Waals surface area contributed by atoms with E-state index in [1.165, 1.54) is 12.1 Å². The first-order valence-corrected chi connectivity index (χ1v) is 5.11. The first-order valence-electron chi connectivity index (χ1n) is 5.11. The third kappa shape index (κ3) is 3.44. The van der Waals surface area contributed by atoms with Crippen LogP contribution in [0.3, 0.4) is 0 Å². The number of aromatic hydroxyl groups is 1. The number of aliphatic carboxylic acids is 1. The van der Waals surface area contributed by atoms with Crippen LogP contribution in [0.25, 0.3) is 0 Å². The molecule has 1 unspecified atom stereocenters. The first kappa shape index (κ1) is 13.0. The highest BCUT2D eigenvalue weighted by Crippen LogP contribution is 2.27. The van der Waals surface area contributed by atoms with Crippen molar-refractivity contribution in [1.29, 1.82) is 0 Å². The highest BCUT2D eigenvalue weighted by Gasteiger charge is 2.15. The van der Waals surface area contributed by atoms with Gasteiger partial charge < -0.3 is 10.2 Å². The third-order valence-corrected chi connectivity index (χ3v) is 2.52. The largest absolute Gasteiger partial charge is 0.502 e. The Labute approximate surface area is 97.7 Å². The van der Waals surface area contributed by atoms with Gasteiger partial charge in [-0.1, -0.05) is 13.0 Å². The molecule has 0 aliphatic carbocycles. The average molecular weight is 239 g/mol. The Kier molecular flexibility index (Phi) is 4.03. The lowest BCUT2D eigenvalue weighted by Crippen LogP contribution is -2.10. The monoisotopic (exact) mass is 239 g/mol. The molecule has 6 nitrogen and oxygen atoms in total. The molecule has 0 aromatic heterocycles. The Hall–Kier alpha value is -2.11. The molecule has 17 heavy (non-hydrogen) atoms. The topological polar surface area (TPSA) is 101 Å². The van der Waals surface area contributed by atoms with Gasteiger partial charge in [-0.15, -0.1) is 0 Å². The molecule has 2 N–H and O–H groups in total. The van der Waals surface area contributed by atoms with E-state index < -0.39 is 16.8 Å². The number of rotatable bonds is 5. The molecule has 0 heterocycles. The fourth-order valence-electron chi connectivity index (χ4n) is 1.38. The number of hydrogen-bond acceptors (Lipinski definition) is 4. The quantitative estimate of drug-likeness (QED) is 0.604. The van der Waals surface area contributed by atoms with Crippen LogP contribution < -0.4 is 0 Å². The van der Waals surface area contributed by atoms with Gasteiger partial charge in [0.2, 0.25) is 0 Å². The van der Waals surface area contributed by atoms with Crippen LogP contribution in [-0.2, 0) is 11.2 Å². The fourth-order valence-corrected chi connectivity index (χ4v) is 1.38. The summed E-state index contributed by atoms with van der Waals surface area (Å²) in [6.45, 7) is 1.58. The van der Waals surface area contributed by atoms with E-state index in [9.17, 15) is 20.0 Å². The van der Waals surface area contributed by atoms with E-state index in [-0.39, 0.29) is 11.4 Å². The molecule has 6 heteroatoms. The lowest BCUT2D eigenvalue weighted by Gasteiger charge is -2.06. The molecule has 0 saturated heterocycles. The minimum atomic E-state index is -0.890. The molecule has 1 atom stereocenters. The lowest BCUT2D eigenvalue weighted by molar-refractivity contribution is -0.385. The number of aryl methyl sites for hydroxylation is 1. The SMILES string of the molecule is CC(CCc1ccc(O)c([N+](=O)[O-])c1)C(=O)O. The number of nitro groups is 1. The number of nitrogens with zero attached hydrogens (tertiary/aromatic N) is 1. The van der Waals surface area contributed by atoms with E-state index in [4.69, 9.17) is 5.11 Å². The first-order chi connectivity index (χ1) is 7.91. The molecule has 92 valence electrons. The molecular weight excluding hydrogens is 226 g/mol. The van der Waals surface area contributed by atoms with Crippen molar-refractivity contribution >= 4 is 11.7 Å². The number of carbonyl (C=O) groups is 1. The van der Waals surface area contributed by atoms with Crippen LogP contribution >= 0.6 is 0 Å². The van der Waals surface area contributed by atoms with Crippen LogP contribution in [0.4, 0.5) is 5.69 Å². The van der Waals surface area contributed by atoms with Crippen LogP contribution in [-0.4, -0.2) is 21.1 Å². The fraction of sp³-hybridized carbons (Fsp3) is 0.364. The second-order valence-electron chi connectivity index (χ2n) is 3.86. The smallest absolute Gasteiger partial charge is 0.310 e. The molecule has 0 amide bonds. The molecule has 0 radical (unpaired) electrons. The van der Waals surface area contributed by atoms with Crippen molar-refractivity contribution in [3.8, 4) is 5.75 Å². The van der Waals surface area contributed by atoms with E-state index in [0.717, 1.165) is 0 Å². The summed E-state index contributed by atoms with van der Waals surface area (Å²) in [5.74, 6) is -1.77. The number of benzene rings is 1. The van der Waals surface area contributed by atoms with Gasteiger partial charge in [0.25, 0.3) is 0 Å². The van der Waals surface area contributed by atoms with Gasteiger partial charge in [0.05, 0.1) is 10.8 Å². The van der Waals surface area contributed by atoms with Gasteiger partial charge in [-0.3, -0.25) is 14.9 Å². The summed E-state index contributed by atoms with van der Waals surface area (Å²) in [7, 11) is 0. The number of carboxylic acid groups (broad SMARTS) is 1. The van der Waals surface area contributed by atoms with Crippen molar-refractivity contribution in [3.05, 3.63) is 33.9 Å². The summed E-state index contributed by atoms with van der Waals surface area (Å²) in [4.78, 5) is 20.5. The maximum atomic E-state index is 10.6. The zero-order valence-electron chi connectivity index (χ0n) is 9.29. The zero-order chi connectivity index (χ0) is 13.0. The third-order valence-electron chi connectivity index (χ3n) is 2.52. The van der Waals surface area contributed by atoms with Gasteiger partial charge in [-0.25, -0.2) is 0 Å². The van der Waals surface area contributed by atoms with Gasteiger partial charge >= 0.3 is 11.7 Å². The van der Waals surface area contributed by atoms with Crippen LogP contribution in [0.5, 0.6) is 5.75 Å². The predicted octanol–water partition coefficient (Wildman–Crippen LogP) is 1.95. The molecule has 0 fully saturated rings. The molecular formula is C11H13NO5. The summed E-state index contributed by atoms with van der Waals surface area (Å²) in [6.07, 6.45) is 0.825. The van der Waals surface area contributed by atoms with Crippen molar-refractivity contribution < 1.29 is 19.9 Å². The predicted molar refractivity (Wildman–Crippen MR) is 59.9 cm³/mol. The second kappa shape index (κ2) is 5.29. The number of nitro benzene ring substituents is 1. The van der Waals surface area contributed by atoms with Gasteiger partial charge in [-0.2, -0.15) is 0 Å². The van der Waals surface area contributed by atoms with Crippen molar-refractivity contribution in [2.24, 2.45) is 5.92 Å². The highest BCUT2D eigenvalue weighted by atomic mass is 16.6. The number of phenols is 1. The Morgan fingerprint density at radius 2 is 2.18 bits per heavy atom. The standard InChI is InChI=1S/C11H13NO5/c1-7(11(14)15)2-3-8-4-5-10(13)9(6-8)12(16)17/h4-7,13H,2-3H2,1H3,(H,14,15). The maximum Gasteiger partial charge on any atom is 0.310 e. The average Bonchev–Trinajstić information content (AvgIpc) is 2.26. The Morgan fingerprint density at radius 3 is 2.71 bits per heavy atom. The van der Waals surface area contributed by atoms with Crippen LogP contribution in [0.2, 0.25) is 0 Å². The molecule has 0 saturated carbocycles. The van der Waals surface area contributed by atoms with Gasteiger partial charge in [0.15, 0.2) is 5.75 Å². The normalized spacial score (nSPS) is 12.1. The number of carboxylic acids is 1. The molecule has 1 aromatic rings. The second-order valence-corrected chi connectivity index (χ2v) is 3.86. The number of phenolic OH excluding ortho intramolecular Hbond substituents is 1. The zero-order valence-corrected chi connectivity index (χ0v) is 9.29. The van der Waals surface area contributed by atoms with Crippen LogP contribution in [0.15, 0.2) is 18.2 Å². The van der Waals surface area contributed by atoms with E-state index in [1.54, 1.807) is 13.0 Å². The van der Waals surface area contributed by atoms with E-state index >= 15 is 0 Å². The van der Waals surface area contributed by atoms with Crippen LogP contribution in [0, 0.1) is 16.0 Å². The van der Waals surface area contributed by atoms with Crippen molar-refractivity contribution in [2.45, 2.75) is 19.8 Å². The van der Waals surface area contributed by atoms with E-state index in [0.29, 0.717) is 18.4 Å². The minimum Gasteiger partial charge on any atom is -0.502 e. The molecule has 0 aliphatic rings. The van der Waals surface area contributed by atoms with Crippen LogP contribution in [0.1, 0.15) is 18.9 Å². The molecule has 0 aliphatic heterocycles. The van der Waals surface area contributed by atoms with E-state index in [2.05, 4.69) is 0 Å². The maximum absolute atomic E-state index is 10.6. The molecule has 0 bridgehead atoms.